The molecule has 0 unspecified atom stereocenters. The molecule has 0 aromatic carbocycles. The molecule has 1 fully saturated rings. The number of hydrogen-bond acceptors (Lipinski definition) is 5. The van der Waals surface area contributed by atoms with E-state index in [0.717, 1.165) is 6.54 Å². The lowest BCUT2D eigenvalue weighted by Gasteiger charge is -2.21. The summed E-state index contributed by atoms with van der Waals surface area (Å²) in [6.45, 7) is 0.823. The van der Waals surface area contributed by atoms with Crippen LogP contribution in [0.3, 0.4) is 0 Å². The fourth-order valence-corrected chi connectivity index (χ4v) is 2.66. The highest BCUT2D eigenvalue weighted by Crippen LogP contribution is 2.31. The number of amidine groups is 1. The van der Waals surface area contributed by atoms with Gasteiger partial charge in [0.2, 0.25) is 5.95 Å². The molecule has 0 atom stereocenters. The highest BCUT2D eigenvalue weighted by atomic mass is 32.1. The standard InChI is InChI=1S/C13H15N5S/c14-12(15)11-5-6-16-13(17-11)18(9-3-4-9)8-10-2-1-7-19-10/h1-2,5-7,9H,3-4,8H2,(H3,14,15). The van der Waals surface area contributed by atoms with Gasteiger partial charge in [0.25, 0.3) is 0 Å². The predicted octanol–water partition coefficient (Wildman–Crippen LogP) is 1.99. The molecule has 5 nitrogen and oxygen atoms in total. The fraction of sp³-hybridized carbons (Fsp3) is 0.308. The molecule has 1 saturated carbocycles. The molecule has 6 heteroatoms. The molecule has 2 heterocycles. The predicted molar refractivity (Wildman–Crippen MR) is 76.6 cm³/mol. The van der Waals surface area contributed by atoms with Crippen LogP contribution in [0.25, 0.3) is 0 Å². The maximum atomic E-state index is 7.46. The van der Waals surface area contributed by atoms with E-state index in [0.29, 0.717) is 17.7 Å². The first-order valence-electron chi connectivity index (χ1n) is 6.20. The molecule has 1 aliphatic carbocycles. The lowest BCUT2D eigenvalue weighted by Crippen LogP contribution is -2.27. The first-order valence-corrected chi connectivity index (χ1v) is 7.08. The van der Waals surface area contributed by atoms with Gasteiger partial charge in [-0.2, -0.15) is 0 Å². The average molecular weight is 273 g/mol. The second kappa shape index (κ2) is 4.97. The van der Waals surface area contributed by atoms with Crippen molar-refractivity contribution >= 4 is 23.1 Å². The minimum absolute atomic E-state index is 0.0180. The minimum atomic E-state index is -0.0180. The molecule has 0 bridgehead atoms. The van der Waals surface area contributed by atoms with Gasteiger partial charge in [-0.15, -0.1) is 11.3 Å². The molecular weight excluding hydrogens is 258 g/mol. The van der Waals surface area contributed by atoms with Crippen LogP contribution in [-0.2, 0) is 6.54 Å². The topological polar surface area (TPSA) is 78.9 Å². The third-order valence-electron chi connectivity index (χ3n) is 3.07. The number of aromatic nitrogens is 2. The minimum Gasteiger partial charge on any atom is -0.382 e. The first-order chi connectivity index (χ1) is 9.24. The van der Waals surface area contributed by atoms with Crippen molar-refractivity contribution < 1.29 is 0 Å². The van der Waals surface area contributed by atoms with Crippen LogP contribution in [0.15, 0.2) is 29.8 Å². The SMILES string of the molecule is N=C(N)c1ccnc(N(Cc2cccs2)C2CC2)n1. The molecule has 98 valence electrons. The van der Waals surface area contributed by atoms with Gasteiger partial charge >= 0.3 is 0 Å². The van der Waals surface area contributed by atoms with Crippen LogP contribution in [0, 0.1) is 5.41 Å². The molecule has 0 radical (unpaired) electrons. The molecule has 1 aliphatic rings. The van der Waals surface area contributed by atoms with Gasteiger partial charge in [0.05, 0.1) is 6.54 Å². The van der Waals surface area contributed by atoms with Gasteiger partial charge in [0.15, 0.2) is 0 Å². The largest absolute Gasteiger partial charge is 0.382 e. The smallest absolute Gasteiger partial charge is 0.226 e. The Labute approximate surface area is 115 Å². The summed E-state index contributed by atoms with van der Waals surface area (Å²) in [5.74, 6) is 0.652. The van der Waals surface area contributed by atoms with Crippen LogP contribution in [0.4, 0.5) is 5.95 Å². The van der Waals surface area contributed by atoms with E-state index in [9.17, 15) is 0 Å². The summed E-state index contributed by atoms with van der Waals surface area (Å²) >= 11 is 1.74. The number of nitrogen functional groups attached to an aromatic ring is 1. The van der Waals surface area contributed by atoms with Gasteiger partial charge < -0.3 is 10.6 Å². The van der Waals surface area contributed by atoms with Crippen molar-refractivity contribution in [1.29, 1.82) is 5.41 Å². The van der Waals surface area contributed by atoms with Crippen LogP contribution in [0.1, 0.15) is 23.4 Å². The van der Waals surface area contributed by atoms with E-state index in [2.05, 4.69) is 32.4 Å². The third-order valence-corrected chi connectivity index (χ3v) is 3.93. The van der Waals surface area contributed by atoms with Gasteiger partial charge in [-0.3, -0.25) is 5.41 Å². The van der Waals surface area contributed by atoms with Crippen molar-refractivity contribution in [3.05, 3.63) is 40.3 Å². The van der Waals surface area contributed by atoms with Crippen molar-refractivity contribution in [2.45, 2.75) is 25.4 Å². The highest BCUT2D eigenvalue weighted by molar-refractivity contribution is 7.09. The van der Waals surface area contributed by atoms with Crippen LogP contribution in [-0.4, -0.2) is 21.8 Å². The highest BCUT2D eigenvalue weighted by Gasteiger charge is 2.31. The molecule has 19 heavy (non-hydrogen) atoms. The second-order valence-electron chi connectivity index (χ2n) is 4.59. The molecule has 0 amide bonds. The van der Waals surface area contributed by atoms with Crippen molar-refractivity contribution in [3.63, 3.8) is 0 Å². The van der Waals surface area contributed by atoms with Gasteiger partial charge in [-0.1, -0.05) is 6.07 Å². The van der Waals surface area contributed by atoms with E-state index in [1.807, 2.05) is 0 Å². The van der Waals surface area contributed by atoms with E-state index in [1.54, 1.807) is 23.6 Å². The van der Waals surface area contributed by atoms with Gasteiger partial charge in [0.1, 0.15) is 11.5 Å². The first kappa shape index (κ1) is 12.1. The van der Waals surface area contributed by atoms with Crippen molar-refractivity contribution in [2.24, 2.45) is 5.73 Å². The summed E-state index contributed by atoms with van der Waals surface area (Å²) < 4.78 is 0. The summed E-state index contributed by atoms with van der Waals surface area (Å²) in [5.41, 5.74) is 5.97. The quantitative estimate of drug-likeness (QED) is 0.645. The van der Waals surface area contributed by atoms with Crippen LogP contribution < -0.4 is 10.6 Å². The molecule has 3 rings (SSSR count). The van der Waals surface area contributed by atoms with E-state index < -0.39 is 0 Å². The number of anilines is 1. The molecule has 3 N–H and O–H groups in total. The average Bonchev–Trinajstić information content (AvgIpc) is 3.13. The van der Waals surface area contributed by atoms with E-state index >= 15 is 0 Å². The summed E-state index contributed by atoms with van der Waals surface area (Å²) in [7, 11) is 0. The number of nitrogens with one attached hydrogen (secondary N) is 1. The Kier molecular flexibility index (Phi) is 3.16. The Bertz CT molecular complexity index is 576. The fourth-order valence-electron chi connectivity index (χ4n) is 1.96. The van der Waals surface area contributed by atoms with E-state index in [-0.39, 0.29) is 5.84 Å². The molecule has 0 saturated heterocycles. The van der Waals surface area contributed by atoms with Crippen molar-refractivity contribution in [3.8, 4) is 0 Å². The van der Waals surface area contributed by atoms with Gasteiger partial charge in [0, 0.05) is 17.1 Å². The summed E-state index contributed by atoms with van der Waals surface area (Å²) in [4.78, 5) is 12.2. The van der Waals surface area contributed by atoms with Crippen LogP contribution in [0.2, 0.25) is 0 Å². The Hall–Kier alpha value is -1.95. The van der Waals surface area contributed by atoms with Crippen LogP contribution in [0.5, 0.6) is 0 Å². The summed E-state index contributed by atoms with van der Waals surface area (Å²) in [6, 6.07) is 6.36. The third kappa shape index (κ3) is 2.73. The van der Waals surface area contributed by atoms with Gasteiger partial charge in [-0.25, -0.2) is 9.97 Å². The zero-order valence-corrected chi connectivity index (χ0v) is 11.2. The second-order valence-corrected chi connectivity index (χ2v) is 5.63. The Morgan fingerprint density at radius 1 is 1.47 bits per heavy atom. The molecule has 2 aromatic heterocycles. The Balaban J connectivity index is 1.87. The lowest BCUT2D eigenvalue weighted by atomic mass is 10.3. The zero-order valence-electron chi connectivity index (χ0n) is 10.4. The number of nitrogens with two attached hydrogens (primary N) is 1. The maximum Gasteiger partial charge on any atom is 0.226 e. The van der Waals surface area contributed by atoms with Gasteiger partial charge in [-0.05, 0) is 30.4 Å². The normalized spacial score (nSPS) is 14.3. The number of rotatable bonds is 5. The number of thiophene rings is 1. The van der Waals surface area contributed by atoms with Crippen molar-refractivity contribution in [1.82, 2.24) is 9.97 Å². The number of hydrogen-bond donors (Lipinski definition) is 2. The molecule has 0 spiro atoms. The number of nitrogens with zero attached hydrogens (tertiary/aromatic N) is 3. The Morgan fingerprint density at radius 3 is 2.95 bits per heavy atom. The molecule has 2 aromatic rings. The Morgan fingerprint density at radius 2 is 2.32 bits per heavy atom. The van der Waals surface area contributed by atoms with E-state index in [1.165, 1.54) is 17.7 Å². The maximum absolute atomic E-state index is 7.46. The monoisotopic (exact) mass is 273 g/mol. The molecular formula is C13H15N5S. The van der Waals surface area contributed by atoms with Crippen LogP contribution >= 0.6 is 11.3 Å². The van der Waals surface area contributed by atoms with Crippen molar-refractivity contribution in [2.75, 3.05) is 4.90 Å². The summed E-state index contributed by atoms with van der Waals surface area (Å²) in [6.07, 6.45) is 4.03. The lowest BCUT2D eigenvalue weighted by molar-refractivity contribution is 0.765. The van der Waals surface area contributed by atoms with E-state index in [4.69, 9.17) is 11.1 Å². The molecule has 0 aliphatic heterocycles. The summed E-state index contributed by atoms with van der Waals surface area (Å²) in [5, 5.41) is 9.54. The zero-order chi connectivity index (χ0) is 13.2.